The molecule has 266 valence electrons. The number of aryl methyl sites for hydroxylation is 4. The molecule has 0 unspecified atom stereocenters. The maximum atomic E-state index is 6.21. The van der Waals surface area contributed by atoms with Gasteiger partial charge in [0.2, 0.25) is 0 Å². The number of hydrogen-bond acceptors (Lipinski definition) is 9. The maximum Gasteiger partial charge on any atom is 0.133 e. The van der Waals surface area contributed by atoms with Crippen molar-refractivity contribution in [3.63, 3.8) is 0 Å². The van der Waals surface area contributed by atoms with E-state index in [0.717, 1.165) is 42.7 Å². The fourth-order valence-corrected chi connectivity index (χ4v) is 12.8. The largest absolute Gasteiger partial charge is 0.492 e. The summed E-state index contributed by atoms with van der Waals surface area (Å²) in [6.45, 7) is 12.0. The first-order valence-corrected chi connectivity index (χ1v) is 23.2. The van der Waals surface area contributed by atoms with Gasteiger partial charge in [-0.15, -0.1) is 56.7 Å². The van der Waals surface area contributed by atoms with Crippen LogP contribution in [0.3, 0.4) is 0 Å². The molecule has 0 atom stereocenters. The second kappa shape index (κ2) is 17.0. The second-order valence-electron chi connectivity index (χ2n) is 13.3. The molecule has 0 amide bonds. The fraction of sp³-hybridized carbons (Fsp3) is 0.381. The first-order valence-electron chi connectivity index (χ1n) is 18.4. The first-order chi connectivity index (χ1) is 25.0. The average molecular weight is 787 g/mol. The normalized spacial score (nSPS) is 11.7. The maximum absolute atomic E-state index is 6.21. The van der Waals surface area contributed by atoms with E-state index in [4.69, 9.17) is 13.5 Å². The molecule has 0 bridgehead atoms. The molecule has 0 fully saturated rings. The average Bonchev–Trinajstić information content (AvgIpc) is 3.98. The van der Waals surface area contributed by atoms with Crippen LogP contribution in [-0.2, 0) is 12.8 Å². The molecule has 51 heavy (non-hydrogen) atoms. The molecule has 0 saturated carbocycles. The monoisotopic (exact) mass is 786 g/mol. The Hall–Kier alpha value is -2.66. The summed E-state index contributed by atoms with van der Waals surface area (Å²) in [7, 11) is 0. The van der Waals surface area contributed by atoms with Gasteiger partial charge in [0.05, 0.1) is 18.3 Å². The van der Waals surface area contributed by atoms with Crippen LogP contribution >= 0.6 is 68.4 Å². The summed E-state index contributed by atoms with van der Waals surface area (Å²) in [5.41, 5.74) is 7.34. The Bertz CT molecular complexity index is 2200. The van der Waals surface area contributed by atoms with Gasteiger partial charge in [-0.1, -0.05) is 65.0 Å². The van der Waals surface area contributed by atoms with Crippen LogP contribution < -0.4 is 4.74 Å². The van der Waals surface area contributed by atoms with Gasteiger partial charge in [0.1, 0.15) is 16.8 Å². The summed E-state index contributed by atoms with van der Waals surface area (Å²) in [6, 6.07) is 20.9. The molecule has 0 aliphatic carbocycles. The zero-order chi connectivity index (χ0) is 35.3. The van der Waals surface area contributed by atoms with E-state index in [1.54, 1.807) is 0 Å². The highest BCUT2D eigenvalue weighted by Crippen LogP contribution is 2.48. The third kappa shape index (κ3) is 8.14. The Kier molecular flexibility index (Phi) is 12.2. The van der Waals surface area contributed by atoms with E-state index in [-0.39, 0.29) is 0 Å². The molecular weight excluding hydrogens is 741 g/mol. The van der Waals surface area contributed by atoms with E-state index < -0.39 is 0 Å². The van der Waals surface area contributed by atoms with Crippen LogP contribution in [0.1, 0.15) is 93.0 Å². The fourth-order valence-electron chi connectivity index (χ4n) is 6.50. The highest BCUT2D eigenvalue weighted by Gasteiger charge is 2.22. The molecule has 0 radical (unpaired) electrons. The quantitative estimate of drug-likeness (QED) is 0.0863. The van der Waals surface area contributed by atoms with Crippen LogP contribution in [0.2, 0.25) is 0 Å². The van der Waals surface area contributed by atoms with Crippen molar-refractivity contribution < 1.29 is 4.74 Å². The van der Waals surface area contributed by atoms with Gasteiger partial charge >= 0.3 is 0 Å². The SMILES string of the molecule is CCCCCCOc1cc(-c2ccc(-c3sc(-c4ccc(-c5cc(CCCC)c(-c6ccc(C)s6)s5)c5nsnc45)cc3CCCC)s2)sc1C. The molecule has 0 aliphatic heterocycles. The molecule has 6 heterocycles. The molecule has 1 aromatic carbocycles. The highest BCUT2D eigenvalue weighted by atomic mass is 32.1. The van der Waals surface area contributed by atoms with E-state index >= 15 is 0 Å². The van der Waals surface area contributed by atoms with Crippen LogP contribution in [0, 0.1) is 13.8 Å². The molecule has 9 heteroatoms. The van der Waals surface area contributed by atoms with Gasteiger partial charge in [0.15, 0.2) is 0 Å². The van der Waals surface area contributed by atoms with Gasteiger partial charge in [-0.3, -0.25) is 0 Å². The van der Waals surface area contributed by atoms with Crippen molar-refractivity contribution in [1.29, 1.82) is 0 Å². The van der Waals surface area contributed by atoms with Crippen molar-refractivity contribution in [3.05, 3.63) is 75.5 Å². The van der Waals surface area contributed by atoms with Crippen LogP contribution in [0.15, 0.2) is 54.6 Å². The number of benzene rings is 1. The molecule has 0 aliphatic rings. The summed E-state index contributed by atoms with van der Waals surface area (Å²) >= 11 is 10.8. The van der Waals surface area contributed by atoms with Crippen molar-refractivity contribution in [2.45, 2.75) is 98.8 Å². The third-order valence-electron chi connectivity index (χ3n) is 9.33. The van der Waals surface area contributed by atoms with Gasteiger partial charge in [0.25, 0.3) is 0 Å². The second-order valence-corrected chi connectivity index (χ2v) is 19.5. The minimum absolute atomic E-state index is 0.803. The van der Waals surface area contributed by atoms with E-state index in [1.807, 2.05) is 56.7 Å². The van der Waals surface area contributed by atoms with Gasteiger partial charge in [-0.25, -0.2) is 0 Å². The zero-order valence-corrected chi connectivity index (χ0v) is 35.1. The van der Waals surface area contributed by atoms with Gasteiger partial charge < -0.3 is 4.74 Å². The van der Waals surface area contributed by atoms with E-state index in [2.05, 4.69) is 89.2 Å². The standard InChI is InChI=1S/C42H46N2OS6/c1-6-9-12-13-22-45-32-25-38(47-27(32)5)33-20-21-35(48-33)42-29(15-11-8-3)24-37(50-42)31-18-17-30(39-40(31)44-51-43-39)36-23-28(14-10-7-2)41(49-36)34-19-16-26(4)46-34/h16-21,23-25H,6-15,22H2,1-5H3. The topological polar surface area (TPSA) is 35.0 Å². The highest BCUT2D eigenvalue weighted by molar-refractivity contribution is 7.27. The predicted molar refractivity (Wildman–Crippen MR) is 230 cm³/mol. The summed E-state index contributed by atoms with van der Waals surface area (Å²) in [4.78, 5) is 13.3. The molecule has 3 nitrogen and oxygen atoms in total. The van der Waals surface area contributed by atoms with Crippen LogP contribution in [0.25, 0.3) is 61.2 Å². The first kappa shape index (κ1) is 36.7. The lowest BCUT2D eigenvalue weighted by molar-refractivity contribution is 0.304. The Balaban J connectivity index is 1.20. The number of thiophene rings is 5. The Morgan fingerprint density at radius 3 is 1.71 bits per heavy atom. The molecule has 7 aromatic rings. The third-order valence-corrected chi connectivity index (χ3v) is 16.0. The van der Waals surface area contributed by atoms with Crippen molar-refractivity contribution in [3.8, 4) is 55.9 Å². The molecule has 6 aromatic heterocycles. The number of aromatic nitrogens is 2. The van der Waals surface area contributed by atoms with Gasteiger partial charge in [0, 0.05) is 59.9 Å². The van der Waals surface area contributed by atoms with Crippen molar-refractivity contribution in [1.82, 2.24) is 8.75 Å². The van der Waals surface area contributed by atoms with Crippen molar-refractivity contribution >= 4 is 79.4 Å². The molecule has 0 spiro atoms. The molecule has 0 saturated heterocycles. The minimum Gasteiger partial charge on any atom is -0.492 e. The Morgan fingerprint density at radius 2 is 1.12 bits per heavy atom. The van der Waals surface area contributed by atoms with Crippen LogP contribution in [-0.4, -0.2) is 15.4 Å². The van der Waals surface area contributed by atoms with Crippen molar-refractivity contribution in [2.75, 3.05) is 6.61 Å². The molecule has 7 rings (SSSR count). The van der Waals surface area contributed by atoms with Crippen LogP contribution in [0.5, 0.6) is 5.75 Å². The number of hydrogen-bond donors (Lipinski definition) is 0. The lowest BCUT2D eigenvalue weighted by atomic mass is 10.0. The number of rotatable bonds is 17. The lowest BCUT2D eigenvalue weighted by Gasteiger charge is -2.04. The zero-order valence-electron chi connectivity index (χ0n) is 30.2. The predicted octanol–water partition coefficient (Wildman–Crippen LogP) is 15.6. The Labute approximate surface area is 327 Å². The lowest BCUT2D eigenvalue weighted by Crippen LogP contribution is -1.96. The van der Waals surface area contributed by atoms with E-state index in [9.17, 15) is 0 Å². The number of ether oxygens (including phenoxy) is 1. The summed E-state index contributed by atoms with van der Waals surface area (Å²) < 4.78 is 16.0. The Morgan fingerprint density at radius 1 is 0.529 bits per heavy atom. The van der Waals surface area contributed by atoms with Gasteiger partial charge in [-0.2, -0.15) is 8.75 Å². The number of nitrogens with zero attached hydrogens (tertiary/aromatic N) is 2. The molecular formula is C42H46N2OS6. The van der Waals surface area contributed by atoms with Gasteiger partial charge in [-0.05, 0) is 99.5 Å². The summed E-state index contributed by atoms with van der Waals surface area (Å²) in [5.74, 6) is 1.05. The van der Waals surface area contributed by atoms with E-state index in [1.165, 1.54) is 128 Å². The number of unbranched alkanes of at least 4 members (excludes halogenated alkanes) is 5. The summed E-state index contributed by atoms with van der Waals surface area (Å²) in [5, 5.41) is 0. The smallest absolute Gasteiger partial charge is 0.133 e. The molecule has 0 N–H and O–H groups in total. The van der Waals surface area contributed by atoms with Crippen LogP contribution in [0.4, 0.5) is 0 Å². The van der Waals surface area contributed by atoms with Crippen molar-refractivity contribution in [2.24, 2.45) is 0 Å². The van der Waals surface area contributed by atoms with E-state index in [0.29, 0.717) is 0 Å². The number of fused-ring (bicyclic) bond motifs is 1. The summed E-state index contributed by atoms with van der Waals surface area (Å²) in [6.07, 6.45) is 11.8. The minimum atomic E-state index is 0.803.